The van der Waals surface area contributed by atoms with E-state index in [9.17, 15) is 13.2 Å². The third-order valence-electron chi connectivity index (χ3n) is 5.05. The Bertz CT molecular complexity index is 1130. The second kappa shape index (κ2) is 8.07. The molecule has 150 valence electrons. The lowest BCUT2D eigenvalue weighted by molar-refractivity contribution is -0.137. The summed E-state index contributed by atoms with van der Waals surface area (Å²) in [5, 5.41) is 0. The summed E-state index contributed by atoms with van der Waals surface area (Å²) in [5.74, 6) is 0.763. The van der Waals surface area contributed by atoms with Crippen LogP contribution in [0.4, 0.5) is 13.2 Å². The van der Waals surface area contributed by atoms with Crippen LogP contribution in [0.1, 0.15) is 5.56 Å². The maximum Gasteiger partial charge on any atom is 0.416 e. The minimum atomic E-state index is -4.34. The van der Waals surface area contributed by atoms with Crippen LogP contribution in [-0.2, 0) is 6.18 Å². The van der Waals surface area contributed by atoms with Crippen molar-refractivity contribution in [3.05, 3.63) is 103 Å². The van der Waals surface area contributed by atoms with Crippen molar-refractivity contribution in [1.29, 1.82) is 0 Å². The van der Waals surface area contributed by atoms with Gasteiger partial charge in [0.2, 0.25) is 0 Å². The molecular formula is C26H19F3O. The van der Waals surface area contributed by atoms with Crippen molar-refractivity contribution in [1.82, 2.24) is 0 Å². The SMILES string of the molecule is COc1ccc(-c2cc(-c3ccc(C(F)(F)F)cc3)ccc2-c2ccccc2)cc1. The van der Waals surface area contributed by atoms with Crippen LogP contribution >= 0.6 is 0 Å². The molecular weight excluding hydrogens is 385 g/mol. The van der Waals surface area contributed by atoms with Gasteiger partial charge in [-0.2, -0.15) is 13.2 Å². The van der Waals surface area contributed by atoms with Crippen molar-refractivity contribution in [2.75, 3.05) is 7.11 Å². The molecule has 0 fully saturated rings. The maximum absolute atomic E-state index is 12.9. The fourth-order valence-electron chi connectivity index (χ4n) is 3.45. The normalized spacial score (nSPS) is 11.3. The van der Waals surface area contributed by atoms with Gasteiger partial charge in [-0.3, -0.25) is 0 Å². The Morgan fingerprint density at radius 3 is 1.73 bits per heavy atom. The lowest BCUT2D eigenvalue weighted by Gasteiger charge is -2.14. The van der Waals surface area contributed by atoms with Gasteiger partial charge in [0.15, 0.2) is 0 Å². The molecule has 0 aliphatic heterocycles. The third kappa shape index (κ3) is 4.08. The maximum atomic E-state index is 12.9. The molecule has 1 nitrogen and oxygen atoms in total. The van der Waals surface area contributed by atoms with Crippen LogP contribution in [0.15, 0.2) is 97.1 Å². The number of hydrogen-bond acceptors (Lipinski definition) is 1. The standard InChI is InChI=1S/C26H19F3O/c1-30-23-14-9-20(10-15-23)25-17-21(11-16-24(25)19-5-3-2-4-6-19)18-7-12-22(13-8-18)26(27,28)29/h2-17H,1H3. The fraction of sp³-hybridized carbons (Fsp3) is 0.0769. The number of hydrogen-bond donors (Lipinski definition) is 0. The van der Waals surface area contributed by atoms with Gasteiger partial charge in [0, 0.05) is 0 Å². The van der Waals surface area contributed by atoms with Crippen molar-refractivity contribution in [2.45, 2.75) is 6.18 Å². The molecule has 0 heterocycles. The van der Waals surface area contributed by atoms with Crippen molar-refractivity contribution in [2.24, 2.45) is 0 Å². The molecule has 0 aromatic heterocycles. The molecule has 0 saturated heterocycles. The van der Waals surface area contributed by atoms with Crippen molar-refractivity contribution in [3.8, 4) is 39.1 Å². The molecule has 0 spiro atoms. The molecule has 4 rings (SSSR count). The largest absolute Gasteiger partial charge is 0.497 e. The zero-order valence-corrected chi connectivity index (χ0v) is 16.3. The molecule has 4 aromatic rings. The van der Waals surface area contributed by atoms with Crippen molar-refractivity contribution < 1.29 is 17.9 Å². The summed E-state index contributed by atoms with van der Waals surface area (Å²) in [5.41, 5.74) is 5.07. The van der Waals surface area contributed by atoms with E-state index >= 15 is 0 Å². The van der Waals surface area contributed by atoms with Gasteiger partial charge in [0.25, 0.3) is 0 Å². The van der Waals surface area contributed by atoms with E-state index in [2.05, 4.69) is 0 Å². The van der Waals surface area contributed by atoms with E-state index in [0.717, 1.165) is 51.3 Å². The number of methoxy groups -OCH3 is 1. The topological polar surface area (TPSA) is 9.23 Å². The van der Waals surface area contributed by atoms with E-state index < -0.39 is 11.7 Å². The number of rotatable bonds is 4. The smallest absolute Gasteiger partial charge is 0.416 e. The van der Waals surface area contributed by atoms with E-state index in [-0.39, 0.29) is 0 Å². The quantitative estimate of drug-likeness (QED) is 0.338. The first-order valence-corrected chi connectivity index (χ1v) is 9.47. The average molecular weight is 404 g/mol. The highest BCUT2D eigenvalue weighted by molar-refractivity contribution is 5.87. The summed E-state index contributed by atoms with van der Waals surface area (Å²) in [6, 6.07) is 29.0. The van der Waals surface area contributed by atoms with Gasteiger partial charge in [0.05, 0.1) is 12.7 Å². The molecule has 0 amide bonds. The summed E-state index contributed by atoms with van der Waals surface area (Å²) in [7, 11) is 1.62. The highest BCUT2D eigenvalue weighted by Gasteiger charge is 2.30. The van der Waals surface area contributed by atoms with Crippen molar-refractivity contribution >= 4 is 0 Å². The predicted molar refractivity (Wildman–Crippen MR) is 114 cm³/mol. The van der Waals surface area contributed by atoms with Crippen LogP contribution in [-0.4, -0.2) is 7.11 Å². The number of ether oxygens (including phenoxy) is 1. The monoisotopic (exact) mass is 404 g/mol. The molecule has 0 aliphatic rings. The molecule has 0 unspecified atom stereocenters. The second-order valence-electron chi connectivity index (χ2n) is 6.93. The first-order chi connectivity index (χ1) is 14.5. The summed E-state index contributed by atoms with van der Waals surface area (Å²) < 4.78 is 44.0. The summed E-state index contributed by atoms with van der Waals surface area (Å²) in [6.45, 7) is 0. The zero-order valence-electron chi connectivity index (χ0n) is 16.3. The fourth-order valence-corrected chi connectivity index (χ4v) is 3.45. The van der Waals surface area contributed by atoms with Gasteiger partial charge in [-0.1, -0.05) is 66.7 Å². The first-order valence-electron chi connectivity index (χ1n) is 9.47. The van der Waals surface area contributed by atoms with E-state index in [0.29, 0.717) is 0 Å². The lowest BCUT2D eigenvalue weighted by Crippen LogP contribution is -2.03. The zero-order chi connectivity index (χ0) is 21.1. The van der Waals surface area contributed by atoms with Crippen molar-refractivity contribution in [3.63, 3.8) is 0 Å². The molecule has 4 heteroatoms. The van der Waals surface area contributed by atoms with Crippen LogP contribution in [0.3, 0.4) is 0 Å². The van der Waals surface area contributed by atoms with Gasteiger partial charge in [-0.05, 0) is 63.7 Å². The van der Waals surface area contributed by atoms with E-state index in [1.54, 1.807) is 7.11 Å². The summed E-state index contributed by atoms with van der Waals surface area (Å²) in [4.78, 5) is 0. The Hall–Kier alpha value is -3.53. The molecule has 0 aliphatic carbocycles. The molecule has 4 aromatic carbocycles. The highest BCUT2D eigenvalue weighted by Crippen LogP contribution is 2.37. The van der Waals surface area contributed by atoms with Gasteiger partial charge in [-0.25, -0.2) is 0 Å². The summed E-state index contributed by atoms with van der Waals surface area (Å²) >= 11 is 0. The minimum absolute atomic E-state index is 0.650. The Balaban J connectivity index is 1.82. The van der Waals surface area contributed by atoms with Gasteiger partial charge >= 0.3 is 6.18 Å². The molecule has 0 radical (unpaired) electrons. The number of benzene rings is 4. The second-order valence-corrected chi connectivity index (χ2v) is 6.93. The Labute approximate surface area is 173 Å². The number of halogens is 3. The predicted octanol–water partition coefficient (Wildman–Crippen LogP) is 7.72. The van der Waals surface area contributed by atoms with Crippen LogP contribution in [0.25, 0.3) is 33.4 Å². The van der Waals surface area contributed by atoms with Gasteiger partial charge < -0.3 is 4.74 Å². The molecule has 0 atom stereocenters. The number of alkyl halides is 3. The van der Waals surface area contributed by atoms with Crippen LogP contribution in [0.2, 0.25) is 0 Å². The Kier molecular flexibility index (Phi) is 5.32. The summed E-state index contributed by atoms with van der Waals surface area (Å²) in [6.07, 6.45) is -4.34. The van der Waals surface area contributed by atoms with E-state index in [1.165, 1.54) is 12.1 Å². The molecule has 0 bridgehead atoms. The van der Waals surface area contributed by atoms with Gasteiger partial charge in [-0.15, -0.1) is 0 Å². The van der Waals surface area contributed by atoms with Crippen LogP contribution < -0.4 is 4.74 Å². The highest BCUT2D eigenvalue weighted by atomic mass is 19.4. The van der Waals surface area contributed by atoms with Gasteiger partial charge in [0.1, 0.15) is 5.75 Å². The minimum Gasteiger partial charge on any atom is -0.497 e. The third-order valence-corrected chi connectivity index (χ3v) is 5.05. The van der Waals surface area contributed by atoms with Crippen LogP contribution in [0.5, 0.6) is 5.75 Å². The lowest BCUT2D eigenvalue weighted by atomic mass is 9.91. The molecule has 30 heavy (non-hydrogen) atoms. The molecule has 0 N–H and O–H groups in total. The first kappa shape index (κ1) is 19.8. The Morgan fingerprint density at radius 2 is 1.13 bits per heavy atom. The average Bonchev–Trinajstić information content (AvgIpc) is 2.79. The Morgan fingerprint density at radius 1 is 0.567 bits per heavy atom. The van der Waals surface area contributed by atoms with E-state index in [4.69, 9.17) is 4.74 Å². The van der Waals surface area contributed by atoms with Crippen LogP contribution in [0, 0.1) is 0 Å². The van der Waals surface area contributed by atoms with E-state index in [1.807, 2.05) is 72.8 Å². The molecule has 0 saturated carbocycles.